The summed E-state index contributed by atoms with van der Waals surface area (Å²) >= 11 is 1.86. The molecule has 0 unspecified atom stereocenters. The van der Waals surface area contributed by atoms with Crippen LogP contribution in [-0.4, -0.2) is 37.1 Å². The molecule has 84 valence electrons. The van der Waals surface area contributed by atoms with E-state index in [0.29, 0.717) is 6.04 Å². The van der Waals surface area contributed by atoms with E-state index in [1.54, 1.807) is 0 Å². The van der Waals surface area contributed by atoms with E-state index < -0.39 is 0 Å². The van der Waals surface area contributed by atoms with Crippen LogP contribution in [0, 0.1) is 0 Å². The lowest BCUT2D eigenvalue weighted by atomic mass is 10.3. The van der Waals surface area contributed by atoms with E-state index in [1.807, 2.05) is 11.3 Å². The number of hydrogen-bond donors (Lipinski definition) is 0. The molecule has 2 rings (SSSR count). The molecular formula is C12H20N2S. The lowest BCUT2D eigenvalue weighted by Crippen LogP contribution is -2.34. The first-order valence-electron chi connectivity index (χ1n) is 5.80. The molecule has 2 nitrogen and oxygen atoms in total. The number of rotatable bonds is 2. The Morgan fingerprint density at radius 1 is 1.20 bits per heavy atom. The molecule has 0 aromatic carbocycles. The molecule has 0 atom stereocenters. The second-order valence-electron chi connectivity index (χ2n) is 4.42. The summed E-state index contributed by atoms with van der Waals surface area (Å²) in [4.78, 5) is 5.10. The maximum absolute atomic E-state index is 2.58. The van der Waals surface area contributed by atoms with Gasteiger partial charge in [0.1, 0.15) is 0 Å². The van der Waals surface area contributed by atoms with Crippen LogP contribution in [0.2, 0.25) is 0 Å². The smallest absolute Gasteiger partial charge is 0.0908 e. The minimum absolute atomic E-state index is 0.688. The molecular weight excluding hydrogens is 204 g/mol. The molecule has 0 radical (unpaired) electrons. The van der Waals surface area contributed by atoms with Crippen molar-refractivity contribution in [1.29, 1.82) is 0 Å². The third-order valence-electron chi connectivity index (χ3n) is 3.08. The summed E-state index contributed by atoms with van der Waals surface area (Å²) in [5, 5.41) is 3.60. The van der Waals surface area contributed by atoms with Crippen LogP contribution in [0.5, 0.6) is 0 Å². The second kappa shape index (κ2) is 4.99. The zero-order chi connectivity index (χ0) is 10.7. The van der Waals surface area contributed by atoms with Gasteiger partial charge in [-0.2, -0.15) is 0 Å². The van der Waals surface area contributed by atoms with Crippen LogP contribution in [0.25, 0.3) is 0 Å². The van der Waals surface area contributed by atoms with E-state index in [0.717, 1.165) is 0 Å². The Morgan fingerprint density at radius 3 is 2.73 bits per heavy atom. The van der Waals surface area contributed by atoms with E-state index in [4.69, 9.17) is 0 Å². The summed E-state index contributed by atoms with van der Waals surface area (Å²) in [7, 11) is 0. The minimum Gasteiger partial charge on any atom is -0.362 e. The second-order valence-corrected chi connectivity index (χ2v) is 5.35. The molecule has 0 N–H and O–H groups in total. The Labute approximate surface area is 96.5 Å². The summed E-state index contributed by atoms with van der Waals surface area (Å²) in [6, 6.07) is 5.06. The normalized spacial score (nSPS) is 19.5. The van der Waals surface area contributed by atoms with Crippen LogP contribution in [0.15, 0.2) is 17.5 Å². The third kappa shape index (κ3) is 2.73. The molecule has 15 heavy (non-hydrogen) atoms. The highest BCUT2D eigenvalue weighted by Gasteiger charge is 2.16. The van der Waals surface area contributed by atoms with Crippen molar-refractivity contribution in [3.8, 4) is 0 Å². The molecule has 1 fully saturated rings. The zero-order valence-corrected chi connectivity index (χ0v) is 10.5. The van der Waals surface area contributed by atoms with Gasteiger partial charge in [-0.25, -0.2) is 0 Å². The van der Waals surface area contributed by atoms with Gasteiger partial charge in [-0.1, -0.05) is 0 Å². The van der Waals surface area contributed by atoms with E-state index in [2.05, 4.69) is 41.2 Å². The highest BCUT2D eigenvalue weighted by atomic mass is 32.1. The van der Waals surface area contributed by atoms with Crippen LogP contribution in [0.3, 0.4) is 0 Å². The first kappa shape index (κ1) is 11.0. The predicted molar refractivity (Wildman–Crippen MR) is 67.9 cm³/mol. The van der Waals surface area contributed by atoms with Gasteiger partial charge in [0.05, 0.1) is 5.00 Å². The van der Waals surface area contributed by atoms with Crippen molar-refractivity contribution in [2.24, 2.45) is 0 Å². The summed E-state index contributed by atoms with van der Waals surface area (Å²) in [6.45, 7) is 9.43. The number of nitrogens with zero attached hydrogens (tertiary/aromatic N) is 2. The number of thiophene rings is 1. The van der Waals surface area contributed by atoms with Crippen molar-refractivity contribution in [2.45, 2.75) is 26.3 Å². The quantitative estimate of drug-likeness (QED) is 0.762. The molecule has 0 spiro atoms. The molecule has 1 aromatic rings. The molecule has 0 bridgehead atoms. The van der Waals surface area contributed by atoms with Crippen molar-refractivity contribution in [3.63, 3.8) is 0 Å². The standard InChI is InChI=1S/C12H20N2S/c1-11(2)13-6-4-7-14(9-8-13)12-5-3-10-15-12/h3,5,10-11H,4,6-9H2,1-2H3. The summed E-state index contributed by atoms with van der Waals surface area (Å²) < 4.78 is 0. The Balaban J connectivity index is 1.96. The van der Waals surface area contributed by atoms with E-state index >= 15 is 0 Å². The average Bonchev–Trinajstić information content (AvgIpc) is 2.62. The Kier molecular flexibility index (Phi) is 3.65. The van der Waals surface area contributed by atoms with Gasteiger partial charge in [-0.05, 0) is 37.8 Å². The molecule has 2 heterocycles. The highest BCUT2D eigenvalue weighted by Crippen LogP contribution is 2.22. The van der Waals surface area contributed by atoms with Crippen molar-refractivity contribution in [2.75, 3.05) is 31.1 Å². The van der Waals surface area contributed by atoms with Crippen molar-refractivity contribution >= 4 is 16.3 Å². The maximum Gasteiger partial charge on any atom is 0.0908 e. The van der Waals surface area contributed by atoms with Crippen molar-refractivity contribution in [3.05, 3.63) is 17.5 Å². The first-order valence-corrected chi connectivity index (χ1v) is 6.68. The number of hydrogen-bond acceptors (Lipinski definition) is 3. The third-order valence-corrected chi connectivity index (χ3v) is 4.01. The van der Waals surface area contributed by atoms with E-state index in [-0.39, 0.29) is 0 Å². The fourth-order valence-corrected chi connectivity index (χ4v) is 2.91. The summed E-state index contributed by atoms with van der Waals surface area (Å²) in [5.41, 5.74) is 0. The van der Waals surface area contributed by atoms with Crippen LogP contribution in [0.4, 0.5) is 5.00 Å². The average molecular weight is 224 g/mol. The van der Waals surface area contributed by atoms with Crippen LogP contribution >= 0.6 is 11.3 Å². The summed E-state index contributed by atoms with van der Waals surface area (Å²) in [5.74, 6) is 0. The van der Waals surface area contributed by atoms with Crippen LogP contribution in [-0.2, 0) is 0 Å². The zero-order valence-electron chi connectivity index (χ0n) is 9.65. The monoisotopic (exact) mass is 224 g/mol. The highest BCUT2D eigenvalue weighted by molar-refractivity contribution is 7.14. The van der Waals surface area contributed by atoms with Crippen LogP contribution < -0.4 is 4.90 Å². The van der Waals surface area contributed by atoms with Gasteiger partial charge >= 0.3 is 0 Å². The molecule has 0 saturated carbocycles. The van der Waals surface area contributed by atoms with Gasteiger partial charge in [0.15, 0.2) is 0 Å². The fourth-order valence-electron chi connectivity index (χ4n) is 2.12. The molecule has 0 amide bonds. The van der Waals surface area contributed by atoms with Crippen molar-refractivity contribution < 1.29 is 0 Å². The van der Waals surface area contributed by atoms with Gasteiger partial charge in [0.25, 0.3) is 0 Å². The lowest BCUT2D eigenvalue weighted by Gasteiger charge is -2.25. The van der Waals surface area contributed by atoms with Crippen LogP contribution in [0.1, 0.15) is 20.3 Å². The molecule has 1 aliphatic rings. The Hall–Kier alpha value is -0.540. The van der Waals surface area contributed by atoms with Gasteiger partial charge in [0, 0.05) is 32.2 Å². The van der Waals surface area contributed by atoms with Crippen molar-refractivity contribution in [1.82, 2.24) is 4.90 Å². The molecule has 1 aromatic heterocycles. The Morgan fingerprint density at radius 2 is 2.07 bits per heavy atom. The molecule has 3 heteroatoms. The van der Waals surface area contributed by atoms with Gasteiger partial charge < -0.3 is 4.90 Å². The predicted octanol–water partition coefficient (Wildman–Crippen LogP) is 2.67. The molecule has 0 aliphatic carbocycles. The fraction of sp³-hybridized carbons (Fsp3) is 0.667. The van der Waals surface area contributed by atoms with E-state index in [1.165, 1.54) is 37.6 Å². The SMILES string of the molecule is CC(C)N1CCCN(c2cccs2)CC1. The largest absolute Gasteiger partial charge is 0.362 e. The van der Waals surface area contributed by atoms with Gasteiger partial charge in [-0.15, -0.1) is 11.3 Å². The van der Waals surface area contributed by atoms with Gasteiger partial charge in [-0.3, -0.25) is 4.90 Å². The summed E-state index contributed by atoms with van der Waals surface area (Å²) in [6.07, 6.45) is 1.29. The topological polar surface area (TPSA) is 6.48 Å². The first-order chi connectivity index (χ1) is 7.27. The van der Waals surface area contributed by atoms with Gasteiger partial charge in [0.2, 0.25) is 0 Å². The molecule has 1 aliphatic heterocycles. The van der Waals surface area contributed by atoms with E-state index in [9.17, 15) is 0 Å². The number of anilines is 1. The maximum atomic E-state index is 2.58. The lowest BCUT2D eigenvalue weighted by molar-refractivity contribution is 0.238. The molecule has 1 saturated heterocycles. The Bertz CT molecular complexity index is 282. The minimum atomic E-state index is 0.688.